The highest BCUT2D eigenvalue weighted by atomic mass is 16.3. The average Bonchev–Trinajstić information content (AvgIpc) is 2.70. The van der Waals surface area contributed by atoms with E-state index in [-0.39, 0.29) is 0 Å². The van der Waals surface area contributed by atoms with Gasteiger partial charge in [-0.15, -0.1) is 0 Å². The van der Waals surface area contributed by atoms with Crippen LogP contribution < -0.4 is 0 Å². The van der Waals surface area contributed by atoms with Crippen molar-refractivity contribution in [1.29, 1.82) is 0 Å². The number of hydrogen-bond donors (Lipinski definition) is 0. The molecule has 1 saturated carbocycles. The van der Waals surface area contributed by atoms with Crippen molar-refractivity contribution in [1.82, 2.24) is 4.98 Å². The SMILES string of the molecule is C=Cc1coc(C2CC2)n1. The Morgan fingerprint density at radius 1 is 1.70 bits per heavy atom. The van der Waals surface area contributed by atoms with Crippen LogP contribution >= 0.6 is 0 Å². The number of nitrogens with zero attached hydrogens (tertiary/aromatic N) is 1. The summed E-state index contributed by atoms with van der Waals surface area (Å²) >= 11 is 0. The van der Waals surface area contributed by atoms with Gasteiger partial charge < -0.3 is 4.42 Å². The van der Waals surface area contributed by atoms with E-state index in [2.05, 4.69) is 11.6 Å². The third kappa shape index (κ3) is 0.856. The van der Waals surface area contributed by atoms with Crippen LogP contribution in [0.5, 0.6) is 0 Å². The highest BCUT2D eigenvalue weighted by molar-refractivity contribution is 5.39. The fraction of sp³-hybridized carbons (Fsp3) is 0.375. The molecule has 2 rings (SSSR count). The lowest BCUT2D eigenvalue weighted by atomic mass is 10.4. The van der Waals surface area contributed by atoms with Crippen LogP contribution in [-0.4, -0.2) is 4.98 Å². The summed E-state index contributed by atoms with van der Waals surface area (Å²) in [6.07, 6.45) is 5.82. The van der Waals surface area contributed by atoms with Crippen molar-refractivity contribution in [3.8, 4) is 0 Å². The second-order valence-corrected chi connectivity index (χ2v) is 2.59. The van der Waals surface area contributed by atoms with Crippen LogP contribution in [0.3, 0.4) is 0 Å². The Morgan fingerprint density at radius 2 is 2.50 bits per heavy atom. The molecule has 0 bridgehead atoms. The van der Waals surface area contributed by atoms with E-state index in [0.717, 1.165) is 11.6 Å². The predicted octanol–water partition coefficient (Wildman–Crippen LogP) is 2.19. The molecule has 1 aromatic rings. The van der Waals surface area contributed by atoms with E-state index in [1.54, 1.807) is 12.3 Å². The Kier molecular flexibility index (Phi) is 1.13. The molecule has 1 heterocycles. The minimum atomic E-state index is 0.605. The lowest BCUT2D eigenvalue weighted by Crippen LogP contribution is -1.76. The van der Waals surface area contributed by atoms with Crippen molar-refractivity contribution in [2.24, 2.45) is 0 Å². The molecule has 0 aromatic carbocycles. The van der Waals surface area contributed by atoms with E-state index >= 15 is 0 Å². The maximum atomic E-state index is 5.20. The molecule has 1 fully saturated rings. The summed E-state index contributed by atoms with van der Waals surface area (Å²) in [5, 5.41) is 0. The first kappa shape index (κ1) is 5.71. The summed E-state index contributed by atoms with van der Waals surface area (Å²) in [6, 6.07) is 0. The van der Waals surface area contributed by atoms with Crippen molar-refractivity contribution in [2.45, 2.75) is 18.8 Å². The first-order chi connectivity index (χ1) is 4.90. The fourth-order valence-electron chi connectivity index (χ4n) is 0.912. The summed E-state index contributed by atoms with van der Waals surface area (Å²) in [5.74, 6) is 1.49. The number of aromatic nitrogens is 1. The predicted molar refractivity (Wildman–Crippen MR) is 38.6 cm³/mol. The summed E-state index contributed by atoms with van der Waals surface area (Å²) in [5.41, 5.74) is 0.849. The van der Waals surface area contributed by atoms with Gasteiger partial charge in [-0.1, -0.05) is 6.58 Å². The van der Waals surface area contributed by atoms with Gasteiger partial charge in [0, 0.05) is 5.92 Å². The van der Waals surface area contributed by atoms with Crippen molar-refractivity contribution in [3.63, 3.8) is 0 Å². The molecule has 1 aliphatic rings. The summed E-state index contributed by atoms with van der Waals surface area (Å²) in [4.78, 5) is 4.21. The topological polar surface area (TPSA) is 26.0 Å². The first-order valence-electron chi connectivity index (χ1n) is 3.48. The Hall–Kier alpha value is -1.05. The van der Waals surface area contributed by atoms with Crippen LogP contribution in [-0.2, 0) is 0 Å². The van der Waals surface area contributed by atoms with Crippen LogP contribution in [0, 0.1) is 0 Å². The quantitative estimate of drug-likeness (QED) is 0.621. The van der Waals surface area contributed by atoms with Crippen LogP contribution in [0.15, 0.2) is 17.3 Å². The largest absolute Gasteiger partial charge is 0.448 e. The molecule has 52 valence electrons. The third-order valence-corrected chi connectivity index (χ3v) is 1.68. The number of rotatable bonds is 2. The zero-order chi connectivity index (χ0) is 6.97. The maximum absolute atomic E-state index is 5.20. The van der Waals surface area contributed by atoms with Crippen molar-refractivity contribution >= 4 is 6.08 Å². The molecule has 2 heteroatoms. The van der Waals surface area contributed by atoms with E-state index in [1.807, 2.05) is 0 Å². The summed E-state index contributed by atoms with van der Waals surface area (Å²) in [7, 11) is 0. The minimum absolute atomic E-state index is 0.605. The Bertz CT molecular complexity index is 248. The molecular weight excluding hydrogens is 126 g/mol. The van der Waals surface area contributed by atoms with Gasteiger partial charge >= 0.3 is 0 Å². The van der Waals surface area contributed by atoms with Crippen LogP contribution in [0.1, 0.15) is 30.3 Å². The Balaban J connectivity index is 2.26. The van der Waals surface area contributed by atoms with Gasteiger partial charge in [-0.25, -0.2) is 4.98 Å². The van der Waals surface area contributed by atoms with E-state index in [9.17, 15) is 0 Å². The van der Waals surface area contributed by atoms with Gasteiger partial charge in [0.1, 0.15) is 12.0 Å². The number of oxazole rings is 1. The van der Waals surface area contributed by atoms with Gasteiger partial charge in [0.25, 0.3) is 0 Å². The minimum Gasteiger partial charge on any atom is -0.448 e. The molecule has 10 heavy (non-hydrogen) atoms. The highest BCUT2D eigenvalue weighted by Gasteiger charge is 2.28. The number of hydrogen-bond acceptors (Lipinski definition) is 2. The van der Waals surface area contributed by atoms with E-state index in [4.69, 9.17) is 4.42 Å². The molecule has 0 N–H and O–H groups in total. The lowest BCUT2D eigenvalue weighted by molar-refractivity contribution is 0.497. The molecule has 0 radical (unpaired) electrons. The second-order valence-electron chi connectivity index (χ2n) is 2.59. The lowest BCUT2D eigenvalue weighted by Gasteiger charge is -1.81. The fourth-order valence-corrected chi connectivity index (χ4v) is 0.912. The molecule has 0 amide bonds. The van der Waals surface area contributed by atoms with Gasteiger partial charge in [0.05, 0.1) is 0 Å². The molecule has 0 unspecified atom stereocenters. The monoisotopic (exact) mass is 135 g/mol. The van der Waals surface area contributed by atoms with Crippen LogP contribution in [0.2, 0.25) is 0 Å². The zero-order valence-electron chi connectivity index (χ0n) is 5.71. The maximum Gasteiger partial charge on any atom is 0.197 e. The van der Waals surface area contributed by atoms with E-state index < -0.39 is 0 Å². The molecule has 2 nitrogen and oxygen atoms in total. The van der Waals surface area contributed by atoms with Crippen molar-refractivity contribution in [3.05, 3.63) is 24.4 Å². The summed E-state index contributed by atoms with van der Waals surface area (Å²) < 4.78 is 5.20. The standard InChI is InChI=1S/C8H9NO/c1-2-7-5-10-8(9-7)6-3-4-6/h2,5-6H,1,3-4H2. The third-order valence-electron chi connectivity index (χ3n) is 1.68. The van der Waals surface area contributed by atoms with E-state index in [0.29, 0.717) is 5.92 Å². The highest BCUT2D eigenvalue weighted by Crippen LogP contribution is 2.39. The van der Waals surface area contributed by atoms with Gasteiger partial charge in [-0.05, 0) is 18.9 Å². The van der Waals surface area contributed by atoms with Gasteiger partial charge in [-0.2, -0.15) is 0 Å². The second kappa shape index (κ2) is 1.97. The molecule has 0 saturated heterocycles. The normalized spacial score (nSPS) is 17.2. The molecular formula is C8H9NO. The van der Waals surface area contributed by atoms with E-state index in [1.165, 1.54) is 12.8 Å². The molecule has 1 aliphatic carbocycles. The van der Waals surface area contributed by atoms with Gasteiger partial charge in [0.2, 0.25) is 0 Å². The van der Waals surface area contributed by atoms with Crippen LogP contribution in [0.4, 0.5) is 0 Å². The molecule has 0 atom stereocenters. The smallest absolute Gasteiger partial charge is 0.197 e. The first-order valence-corrected chi connectivity index (χ1v) is 3.48. The van der Waals surface area contributed by atoms with Gasteiger partial charge in [-0.3, -0.25) is 0 Å². The summed E-state index contributed by atoms with van der Waals surface area (Å²) in [6.45, 7) is 3.60. The Morgan fingerprint density at radius 3 is 3.00 bits per heavy atom. The zero-order valence-corrected chi connectivity index (χ0v) is 5.71. The van der Waals surface area contributed by atoms with Crippen molar-refractivity contribution < 1.29 is 4.42 Å². The molecule has 0 aliphatic heterocycles. The van der Waals surface area contributed by atoms with Crippen LogP contribution in [0.25, 0.3) is 6.08 Å². The van der Waals surface area contributed by atoms with Crippen molar-refractivity contribution in [2.75, 3.05) is 0 Å². The Labute approximate surface area is 59.6 Å². The van der Waals surface area contributed by atoms with Gasteiger partial charge in [0.15, 0.2) is 5.89 Å². The molecule has 0 spiro atoms. The average molecular weight is 135 g/mol. The molecule has 1 aromatic heterocycles.